The maximum Gasteiger partial charge on any atom is 0.234 e. The van der Waals surface area contributed by atoms with Crippen LogP contribution in [0.4, 0.5) is 0 Å². The Hall–Kier alpha value is -1.06. The van der Waals surface area contributed by atoms with E-state index in [-0.39, 0.29) is 11.9 Å². The standard InChI is InChI=1S/C17H25ClN2O/c1-13(15-10-6-7-11-16(15)18)19-17(21)12-20(2)14-8-4-3-5-9-14/h6-7,10-11,13-14H,3-5,8-9,12H2,1-2H3,(H,19,21). The van der Waals surface area contributed by atoms with Crippen LogP contribution in [0.5, 0.6) is 0 Å². The summed E-state index contributed by atoms with van der Waals surface area (Å²) in [4.78, 5) is 14.4. The van der Waals surface area contributed by atoms with Gasteiger partial charge in [-0.3, -0.25) is 9.69 Å². The summed E-state index contributed by atoms with van der Waals surface area (Å²) in [6.07, 6.45) is 6.33. The van der Waals surface area contributed by atoms with Crippen molar-refractivity contribution >= 4 is 17.5 Å². The predicted octanol–water partition coefficient (Wildman–Crippen LogP) is 3.78. The number of hydrogen-bond donors (Lipinski definition) is 1. The van der Waals surface area contributed by atoms with Gasteiger partial charge < -0.3 is 5.32 Å². The Bertz CT molecular complexity index is 472. The summed E-state index contributed by atoms with van der Waals surface area (Å²) in [5, 5.41) is 3.74. The number of nitrogens with zero attached hydrogens (tertiary/aromatic N) is 1. The van der Waals surface area contributed by atoms with Gasteiger partial charge in [0.1, 0.15) is 0 Å². The smallest absolute Gasteiger partial charge is 0.234 e. The highest BCUT2D eigenvalue weighted by atomic mass is 35.5. The Balaban J connectivity index is 1.85. The first-order valence-electron chi connectivity index (χ1n) is 7.82. The molecule has 1 unspecified atom stereocenters. The number of likely N-dealkylation sites (N-methyl/N-ethyl adjacent to an activating group) is 1. The van der Waals surface area contributed by atoms with Gasteiger partial charge in [-0.05, 0) is 38.4 Å². The summed E-state index contributed by atoms with van der Waals surface area (Å²) in [5.41, 5.74) is 0.966. The molecule has 1 aromatic rings. The van der Waals surface area contributed by atoms with Crippen LogP contribution in [0.3, 0.4) is 0 Å². The molecule has 1 fully saturated rings. The van der Waals surface area contributed by atoms with Crippen molar-refractivity contribution < 1.29 is 4.79 Å². The number of hydrogen-bond acceptors (Lipinski definition) is 2. The van der Waals surface area contributed by atoms with Crippen molar-refractivity contribution in [1.29, 1.82) is 0 Å². The van der Waals surface area contributed by atoms with Gasteiger partial charge in [-0.2, -0.15) is 0 Å². The van der Waals surface area contributed by atoms with Crippen LogP contribution in [-0.2, 0) is 4.79 Å². The zero-order valence-corrected chi connectivity index (χ0v) is 13.7. The van der Waals surface area contributed by atoms with E-state index in [2.05, 4.69) is 17.3 Å². The Morgan fingerprint density at radius 3 is 2.67 bits per heavy atom. The van der Waals surface area contributed by atoms with Gasteiger partial charge in [0.15, 0.2) is 0 Å². The molecule has 1 atom stereocenters. The molecule has 0 saturated heterocycles. The van der Waals surface area contributed by atoms with Gasteiger partial charge in [-0.15, -0.1) is 0 Å². The molecular formula is C17H25ClN2O. The van der Waals surface area contributed by atoms with Gasteiger partial charge in [-0.1, -0.05) is 49.1 Å². The number of benzene rings is 1. The highest BCUT2D eigenvalue weighted by molar-refractivity contribution is 6.31. The number of carbonyl (C=O) groups excluding carboxylic acids is 1. The first-order chi connectivity index (χ1) is 10.1. The molecule has 2 rings (SSSR count). The van der Waals surface area contributed by atoms with Gasteiger partial charge in [0.2, 0.25) is 5.91 Å². The fraction of sp³-hybridized carbons (Fsp3) is 0.588. The molecule has 1 aliphatic carbocycles. The van der Waals surface area contributed by atoms with Crippen LogP contribution in [0.15, 0.2) is 24.3 Å². The molecule has 116 valence electrons. The van der Waals surface area contributed by atoms with Crippen molar-refractivity contribution in [2.24, 2.45) is 0 Å². The van der Waals surface area contributed by atoms with E-state index in [9.17, 15) is 4.79 Å². The van der Waals surface area contributed by atoms with Crippen LogP contribution in [0, 0.1) is 0 Å². The van der Waals surface area contributed by atoms with Gasteiger partial charge in [0.05, 0.1) is 12.6 Å². The third-order valence-electron chi connectivity index (χ3n) is 4.34. The van der Waals surface area contributed by atoms with E-state index in [0.717, 1.165) is 5.56 Å². The summed E-state index contributed by atoms with van der Waals surface area (Å²) in [5.74, 6) is 0.0653. The minimum Gasteiger partial charge on any atom is -0.348 e. The maximum atomic E-state index is 12.2. The van der Waals surface area contributed by atoms with Crippen molar-refractivity contribution in [3.8, 4) is 0 Å². The van der Waals surface area contributed by atoms with Gasteiger partial charge in [-0.25, -0.2) is 0 Å². The lowest BCUT2D eigenvalue weighted by Crippen LogP contribution is -2.42. The largest absolute Gasteiger partial charge is 0.348 e. The molecule has 0 heterocycles. The van der Waals surface area contributed by atoms with Crippen LogP contribution in [0.1, 0.15) is 50.6 Å². The second kappa shape index (κ2) is 7.81. The van der Waals surface area contributed by atoms with Gasteiger partial charge in [0, 0.05) is 11.1 Å². The molecule has 1 N–H and O–H groups in total. The number of amides is 1. The summed E-state index contributed by atoms with van der Waals surface area (Å²) in [6.45, 7) is 2.43. The van der Waals surface area contributed by atoms with Crippen LogP contribution >= 0.6 is 11.6 Å². The fourth-order valence-corrected chi connectivity index (χ4v) is 3.37. The van der Waals surface area contributed by atoms with Gasteiger partial charge >= 0.3 is 0 Å². The molecule has 0 bridgehead atoms. The fourth-order valence-electron chi connectivity index (χ4n) is 3.07. The van der Waals surface area contributed by atoms with Crippen LogP contribution in [0.25, 0.3) is 0 Å². The van der Waals surface area contributed by atoms with Crippen LogP contribution in [0.2, 0.25) is 5.02 Å². The van der Waals surface area contributed by atoms with E-state index in [0.29, 0.717) is 17.6 Å². The van der Waals surface area contributed by atoms with E-state index >= 15 is 0 Å². The van der Waals surface area contributed by atoms with E-state index in [1.165, 1.54) is 32.1 Å². The average Bonchev–Trinajstić information content (AvgIpc) is 2.48. The highest BCUT2D eigenvalue weighted by Crippen LogP contribution is 2.23. The minimum absolute atomic E-state index is 0.0639. The molecule has 0 aliphatic heterocycles. The molecule has 4 heteroatoms. The zero-order valence-electron chi connectivity index (χ0n) is 12.9. The number of nitrogens with one attached hydrogen (secondary N) is 1. The molecule has 0 spiro atoms. The number of carbonyl (C=O) groups is 1. The summed E-state index contributed by atoms with van der Waals surface area (Å²) >= 11 is 6.17. The first kappa shape index (κ1) is 16.3. The molecular weight excluding hydrogens is 284 g/mol. The van der Waals surface area contributed by atoms with Crippen molar-refractivity contribution in [3.05, 3.63) is 34.9 Å². The third-order valence-corrected chi connectivity index (χ3v) is 4.68. The molecule has 0 aromatic heterocycles. The SMILES string of the molecule is CC(NC(=O)CN(C)C1CCCCC1)c1ccccc1Cl. The maximum absolute atomic E-state index is 12.2. The molecule has 0 radical (unpaired) electrons. The Morgan fingerprint density at radius 2 is 2.00 bits per heavy atom. The van der Waals surface area contributed by atoms with E-state index < -0.39 is 0 Å². The van der Waals surface area contributed by atoms with Crippen LogP contribution < -0.4 is 5.32 Å². The lowest BCUT2D eigenvalue weighted by Gasteiger charge is -2.31. The topological polar surface area (TPSA) is 32.3 Å². The van der Waals surface area contributed by atoms with Crippen molar-refractivity contribution in [1.82, 2.24) is 10.2 Å². The van der Waals surface area contributed by atoms with Crippen molar-refractivity contribution in [2.45, 2.75) is 51.1 Å². The van der Waals surface area contributed by atoms with E-state index in [1.807, 2.05) is 31.2 Å². The first-order valence-corrected chi connectivity index (χ1v) is 8.19. The highest BCUT2D eigenvalue weighted by Gasteiger charge is 2.20. The molecule has 1 aromatic carbocycles. The lowest BCUT2D eigenvalue weighted by atomic mass is 9.94. The zero-order chi connectivity index (χ0) is 15.2. The summed E-state index contributed by atoms with van der Waals surface area (Å²) in [6, 6.07) is 8.15. The lowest BCUT2D eigenvalue weighted by molar-refractivity contribution is -0.123. The quantitative estimate of drug-likeness (QED) is 0.897. The monoisotopic (exact) mass is 308 g/mol. The van der Waals surface area contributed by atoms with E-state index in [1.54, 1.807) is 0 Å². The third kappa shape index (κ3) is 4.72. The Kier molecular flexibility index (Phi) is 6.07. The Morgan fingerprint density at radius 1 is 1.33 bits per heavy atom. The minimum atomic E-state index is -0.0639. The van der Waals surface area contributed by atoms with Gasteiger partial charge in [0.25, 0.3) is 0 Å². The summed E-state index contributed by atoms with van der Waals surface area (Å²) in [7, 11) is 2.05. The van der Waals surface area contributed by atoms with Crippen molar-refractivity contribution in [2.75, 3.05) is 13.6 Å². The summed E-state index contributed by atoms with van der Waals surface area (Å²) < 4.78 is 0. The normalized spacial score (nSPS) is 17.7. The predicted molar refractivity (Wildman–Crippen MR) is 87.5 cm³/mol. The molecule has 1 amide bonds. The molecule has 3 nitrogen and oxygen atoms in total. The van der Waals surface area contributed by atoms with Crippen molar-refractivity contribution in [3.63, 3.8) is 0 Å². The second-order valence-electron chi connectivity index (χ2n) is 6.02. The second-order valence-corrected chi connectivity index (χ2v) is 6.42. The Labute approximate surface area is 132 Å². The number of halogens is 1. The average molecular weight is 309 g/mol. The molecule has 1 saturated carbocycles. The van der Waals surface area contributed by atoms with E-state index in [4.69, 9.17) is 11.6 Å². The van der Waals surface area contributed by atoms with Crippen LogP contribution in [-0.4, -0.2) is 30.4 Å². The number of rotatable bonds is 5. The molecule has 1 aliphatic rings. The molecule has 21 heavy (non-hydrogen) atoms.